The SMILES string of the molecule is O=C1OC(c2ccc(-c3ccccc3)cc2)=N/C1=C\c1cc(Br)c(OCc2cccc(F)c2)c(Br)c1. The van der Waals surface area contributed by atoms with E-state index in [2.05, 4.69) is 36.9 Å². The van der Waals surface area contributed by atoms with Gasteiger partial charge in [-0.2, -0.15) is 0 Å². The highest BCUT2D eigenvalue weighted by atomic mass is 79.9. The van der Waals surface area contributed by atoms with E-state index in [4.69, 9.17) is 9.47 Å². The summed E-state index contributed by atoms with van der Waals surface area (Å²) in [6.45, 7) is 0.207. The molecule has 4 aromatic rings. The molecule has 0 atom stereocenters. The van der Waals surface area contributed by atoms with Crippen LogP contribution < -0.4 is 4.74 Å². The van der Waals surface area contributed by atoms with Crippen LogP contribution in [-0.4, -0.2) is 11.9 Å². The zero-order chi connectivity index (χ0) is 25.1. The molecule has 0 fully saturated rings. The van der Waals surface area contributed by atoms with Gasteiger partial charge in [0.15, 0.2) is 5.70 Å². The van der Waals surface area contributed by atoms with Gasteiger partial charge >= 0.3 is 5.97 Å². The summed E-state index contributed by atoms with van der Waals surface area (Å²) in [6, 6.07) is 27.6. The van der Waals surface area contributed by atoms with E-state index < -0.39 is 5.97 Å². The number of carbonyl (C=O) groups excluding carboxylic acids is 1. The van der Waals surface area contributed by atoms with Crippen molar-refractivity contribution in [3.05, 3.63) is 128 Å². The third-order valence-corrected chi connectivity index (χ3v) is 6.63. The molecule has 0 amide bonds. The van der Waals surface area contributed by atoms with Crippen molar-refractivity contribution < 1.29 is 18.7 Å². The molecule has 1 aliphatic heterocycles. The molecule has 0 unspecified atom stereocenters. The van der Waals surface area contributed by atoms with Gasteiger partial charge in [0, 0.05) is 5.56 Å². The van der Waals surface area contributed by atoms with Gasteiger partial charge in [-0.15, -0.1) is 0 Å². The summed E-state index contributed by atoms with van der Waals surface area (Å²) in [5.41, 5.74) is 4.53. The average molecular weight is 607 g/mol. The molecule has 4 aromatic carbocycles. The van der Waals surface area contributed by atoms with Crippen LogP contribution in [0.5, 0.6) is 5.75 Å². The minimum absolute atomic E-state index is 0.198. The molecule has 0 N–H and O–H groups in total. The van der Waals surface area contributed by atoms with Crippen LogP contribution in [0.4, 0.5) is 4.39 Å². The normalized spacial score (nSPS) is 14.0. The molecule has 36 heavy (non-hydrogen) atoms. The molecule has 0 radical (unpaired) electrons. The highest BCUT2D eigenvalue weighted by Gasteiger charge is 2.24. The van der Waals surface area contributed by atoms with Crippen LogP contribution in [0.25, 0.3) is 17.2 Å². The van der Waals surface area contributed by atoms with Gasteiger partial charge in [0.2, 0.25) is 5.90 Å². The Labute approximate surface area is 224 Å². The molecule has 1 aliphatic rings. The van der Waals surface area contributed by atoms with Crippen LogP contribution in [0.2, 0.25) is 0 Å². The predicted molar refractivity (Wildman–Crippen MR) is 145 cm³/mol. The predicted octanol–water partition coefficient (Wildman–Crippen LogP) is 7.94. The fourth-order valence-corrected chi connectivity index (χ4v) is 5.16. The smallest absolute Gasteiger partial charge is 0.363 e. The quantitative estimate of drug-likeness (QED) is 0.165. The van der Waals surface area contributed by atoms with Crippen LogP contribution >= 0.6 is 31.9 Å². The second kappa shape index (κ2) is 10.6. The molecule has 0 aliphatic carbocycles. The first-order valence-electron chi connectivity index (χ1n) is 11.0. The van der Waals surface area contributed by atoms with Gasteiger partial charge in [-0.1, -0.05) is 54.6 Å². The maximum absolute atomic E-state index is 13.4. The average Bonchev–Trinajstić information content (AvgIpc) is 3.24. The van der Waals surface area contributed by atoms with Crippen LogP contribution in [0.1, 0.15) is 16.7 Å². The van der Waals surface area contributed by atoms with E-state index in [1.54, 1.807) is 18.2 Å². The maximum atomic E-state index is 13.4. The molecule has 0 saturated carbocycles. The molecule has 5 rings (SSSR count). The highest BCUT2D eigenvalue weighted by Crippen LogP contribution is 2.36. The zero-order valence-electron chi connectivity index (χ0n) is 18.8. The maximum Gasteiger partial charge on any atom is 0.363 e. The largest absolute Gasteiger partial charge is 0.487 e. The summed E-state index contributed by atoms with van der Waals surface area (Å²) in [6.07, 6.45) is 1.65. The summed E-state index contributed by atoms with van der Waals surface area (Å²) in [5.74, 6) is -0.000303. The minimum Gasteiger partial charge on any atom is -0.487 e. The summed E-state index contributed by atoms with van der Waals surface area (Å²) in [7, 11) is 0. The van der Waals surface area contributed by atoms with E-state index >= 15 is 0 Å². The van der Waals surface area contributed by atoms with E-state index in [1.807, 2.05) is 66.7 Å². The summed E-state index contributed by atoms with van der Waals surface area (Å²) in [4.78, 5) is 16.9. The Morgan fingerprint density at radius 2 is 1.50 bits per heavy atom. The van der Waals surface area contributed by atoms with Crippen molar-refractivity contribution in [2.45, 2.75) is 6.61 Å². The Kier molecular flexibility index (Phi) is 7.11. The Balaban J connectivity index is 1.34. The Morgan fingerprint density at radius 3 is 2.19 bits per heavy atom. The summed E-state index contributed by atoms with van der Waals surface area (Å²) >= 11 is 7.03. The third-order valence-electron chi connectivity index (χ3n) is 5.46. The van der Waals surface area contributed by atoms with E-state index in [-0.39, 0.29) is 24.0 Å². The van der Waals surface area contributed by atoms with E-state index in [0.717, 1.165) is 22.3 Å². The van der Waals surface area contributed by atoms with Gasteiger partial charge in [-0.05, 0) is 96.6 Å². The number of carbonyl (C=O) groups is 1. The van der Waals surface area contributed by atoms with Crippen molar-refractivity contribution in [3.8, 4) is 16.9 Å². The van der Waals surface area contributed by atoms with Gasteiger partial charge in [0.05, 0.1) is 8.95 Å². The van der Waals surface area contributed by atoms with Gasteiger partial charge in [-0.3, -0.25) is 0 Å². The number of aliphatic imine (C=N–C) groups is 1. The molecular formula is C29H18Br2FNO3. The van der Waals surface area contributed by atoms with E-state index in [0.29, 0.717) is 20.3 Å². The lowest BCUT2D eigenvalue weighted by Gasteiger charge is -2.11. The molecule has 0 saturated heterocycles. The monoisotopic (exact) mass is 605 g/mol. The first kappa shape index (κ1) is 24.2. The van der Waals surface area contributed by atoms with Crippen molar-refractivity contribution in [2.75, 3.05) is 0 Å². The van der Waals surface area contributed by atoms with Crippen molar-refractivity contribution in [3.63, 3.8) is 0 Å². The molecule has 0 bridgehead atoms. The number of benzene rings is 4. The number of rotatable bonds is 6. The first-order chi connectivity index (χ1) is 17.5. The molecule has 178 valence electrons. The minimum atomic E-state index is -0.518. The molecule has 4 nitrogen and oxygen atoms in total. The molecule has 1 heterocycles. The second-order valence-electron chi connectivity index (χ2n) is 8.01. The summed E-state index contributed by atoms with van der Waals surface area (Å²) in [5, 5.41) is 0. The standard InChI is InChI=1S/C29H18Br2FNO3/c30-24-14-19(15-25(31)27(24)35-17-18-5-4-8-23(32)13-18)16-26-29(34)36-28(33-26)22-11-9-21(10-12-22)20-6-2-1-3-7-20/h1-16H,17H2/b26-16-. The van der Waals surface area contributed by atoms with Crippen LogP contribution in [0.3, 0.4) is 0 Å². The molecule has 7 heteroatoms. The lowest BCUT2D eigenvalue weighted by Crippen LogP contribution is -2.05. The van der Waals surface area contributed by atoms with Crippen LogP contribution in [0.15, 0.2) is 111 Å². The molecule has 0 spiro atoms. The Morgan fingerprint density at radius 1 is 0.833 bits per heavy atom. The Bertz CT molecular complexity index is 1480. The fraction of sp³-hybridized carbons (Fsp3) is 0.0345. The lowest BCUT2D eigenvalue weighted by molar-refractivity contribution is -0.129. The van der Waals surface area contributed by atoms with E-state index in [1.165, 1.54) is 12.1 Å². The molecule has 0 aromatic heterocycles. The van der Waals surface area contributed by atoms with Crippen molar-refractivity contribution in [2.24, 2.45) is 4.99 Å². The lowest BCUT2D eigenvalue weighted by atomic mass is 10.0. The van der Waals surface area contributed by atoms with Crippen LogP contribution in [-0.2, 0) is 16.1 Å². The topological polar surface area (TPSA) is 47.9 Å². The number of halogens is 3. The van der Waals surface area contributed by atoms with Gasteiger partial charge < -0.3 is 9.47 Å². The number of hydrogen-bond acceptors (Lipinski definition) is 4. The van der Waals surface area contributed by atoms with Gasteiger partial charge in [0.25, 0.3) is 0 Å². The first-order valence-corrected chi connectivity index (χ1v) is 12.6. The Hall–Kier alpha value is -3.55. The number of cyclic esters (lactones) is 1. The number of nitrogens with zero attached hydrogens (tertiary/aromatic N) is 1. The van der Waals surface area contributed by atoms with Crippen molar-refractivity contribution in [1.82, 2.24) is 0 Å². The van der Waals surface area contributed by atoms with Crippen molar-refractivity contribution >= 4 is 49.8 Å². The van der Waals surface area contributed by atoms with Gasteiger partial charge in [0.1, 0.15) is 18.2 Å². The highest BCUT2D eigenvalue weighted by molar-refractivity contribution is 9.11. The fourth-order valence-electron chi connectivity index (χ4n) is 3.71. The van der Waals surface area contributed by atoms with Crippen LogP contribution in [0, 0.1) is 5.82 Å². The van der Waals surface area contributed by atoms with Gasteiger partial charge in [-0.25, -0.2) is 14.2 Å². The third kappa shape index (κ3) is 5.48. The van der Waals surface area contributed by atoms with E-state index in [9.17, 15) is 9.18 Å². The number of esters is 1. The number of hydrogen-bond donors (Lipinski definition) is 0. The zero-order valence-corrected chi connectivity index (χ0v) is 21.9. The molecular weight excluding hydrogens is 589 g/mol. The summed E-state index contributed by atoms with van der Waals surface area (Å²) < 4.78 is 26.1. The van der Waals surface area contributed by atoms with Crippen molar-refractivity contribution in [1.29, 1.82) is 0 Å². The number of ether oxygens (including phenoxy) is 2. The second-order valence-corrected chi connectivity index (χ2v) is 9.72.